The van der Waals surface area contributed by atoms with Crippen molar-refractivity contribution in [2.24, 2.45) is 0 Å². The van der Waals surface area contributed by atoms with Crippen LogP contribution in [0.5, 0.6) is 0 Å². The summed E-state index contributed by atoms with van der Waals surface area (Å²) in [6.45, 7) is 0. The molecule has 0 fully saturated rings. The molecule has 0 saturated carbocycles. The molecule has 1 heterocycles. The lowest BCUT2D eigenvalue weighted by Gasteiger charge is -1.95. The first-order chi connectivity index (χ1) is 8.88. The SMILES string of the molecule is N#CCC=Cc1ccc2sc3ccccc3c2c1. The van der Waals surface area contributed by atoms with E-state index in [0.29, 0.717) is 6.42 Å². The van der Waals surface area contributed by atoms with E-state index in [1.54, 1.807) is 0 Å². The number of benzene rings is 2. The molecule has 86 valence electrons. The average molecular weight is 249 g/mol. The quantitative estimate of drug-likeness (QED) is 0.628. The molecule has 3 aromatic rings. The van der Waals surface area contributed by atoms with Crippen LogP contribution in [-0.2, 0) is 0 Å². The Bertz CT molecular complexity index is 774. The monoisotopic (exact) mass is 249 g/mol. The van der Waals surface area contributed by atoms with Crippen LogP contribution in [-0.4, -0.2) is 0 Å². The minimum absolute atomic E-state index is 0.461. The molecule has 1 aromatic heterocycles. The maximum absolute atomic E-state index is 8.52. The van der Waals surface area contributed by atoms with Crippen molar-refractivity contribution >= 4 is 37.6 Å². The molecule has 0 aliphatic heterocycles. The predicted octanol–water partition coefficient (Wildman–Crippen LogP) is 4.98. The number of rotatable bonds is 2. The summed E-state index contributed by atoms with van der Waals surface area (Å²) in [6, 6.07) is 17.0. The van der Waals surface area contributed by atoms with Gasteiger partial charge in [0.15, 0.2) is 0 Å². The molecule has 0 atom stereocenters. The van der Waals surface area contributed by atoms with Crippen molar-refractivity contribution in [3.8, 4) is 6.07 Å². The fourth-order valence-electron chi connectivity index (χ4n) is 2.10. The average Bonchev–Trinajstić information content (AvgIpc) is 2.77. The zero-order valence-corrected chi connectivity index (χ0v) is 10.6. The van der Waals surface area contributed by atoms with E-state index in [9.17, 15) is 0 Å². The molecule has 0 saturated heterocycles. The highest BCUT2D eigenvalue weighted by molar-refractivity contribution is 7.25. The van der Waals surface area contributed by atoms with E-state index in [1.165, 1.54) is 20.2 Å². The Morgan fingerprint density at radius 1 is 1.06 bits per heavy atom. The minimum atomic E-state index is 0.461. The van der Waals surface area contributed by atoms with Gasteiger partial charge < -0.3 is 0 Å². The first-order valence-electron chi connectivity index (χ1n) is 5.83. The van der Waals surface area contributed by atoms with Gasteiger partial charge in [-0.2, -0.15) is 5.26 Å². The number of hydrogen-bond acceptors (Lipinski definition) is 2. The summed E-state index contributed by atoms with van der Waals surface area (Å²) < 4.78 is 2.64. The van der Waals surface area contributed by atoms with Gasteiger partial charge in [0.25, 0.3) is 0 Å². The van der Waals surface area contributed by atoms with Gasteiger partial charge in [-0.3, -0.25) is 0 Å². The summed E-state index contributed by atoms with van der Waals surface area (Å²) in [4.78, 5) is 0. The van der Waals surface area contributed by atoms with Gasteiger partial charge in [-0.25, -0.2) is 0 Å². The smallest absolute Gasteiger partial charge is 0.0663 e. The van der Waals surface area contributed by atoms with Crippen molar-refractivity contribution in [1.29, 1.82) is 5.26 Å². The van der Waals surface area contributed by atoms with E-state index in [0.717, 1.165) is 5.56 Å². The Hall–Kier alpha value is -2.11. The van der Waals surface area contributed by atoms with Crippen molar-refractivity contribution < 1.29 is 0 Å². The number of thiophene rings is 1. The van der Waals surface area contributed by atoms with E-state index < -0.39 is 0 Å². The fraction of sp³-hybridized carbons (Fsp3) is 0.0625. The molecule has 18 heavy (non-hydrogen) atoms. The van der Waals surface area contributed by atoms with Crippen LogP contribution in [0, 0.1) is 11.3 Å². The standard InChI is InChI=1S/C16H11NS/c17-10-4-3-5-12-8-9-16-14(11-12)13-6-1-2-7-15(13)18-16/h1-3,5-9,11H,4H2. The zero-order valence-electron chi connectivity index (χ0n) is 9.76. The third-order valence-corrected chi connectivity index (χ3v) is 4.07. The molecule has 0 amide bonds. The van der Waals surface area contributed by atoms with E-state index in [-0.39, 0.29) is 0 Å². The van der Waals surface area contributed by atoms with Crippen LogP contribution in [0.15, 0.2) is 48.5 Å². The Labute approximate surface area is 110 Å². The lowest BCUT2D eigenvalue weighted by atomic mass is 10.1. The van der Waals surface area contributed by atoms with E-state index >= 15 is 0 Å². The highest BCUT2D eigenvalue weighted by atomic mass is 32.1. The summed E-state index contributed by atoms with van der Waals surface area (Å²) in [5, 5.41) is 11.1. The Kier molecular flexibility index (Phi) is 2.84. The molecule has 1 nitrogen and oxygen atoms in total. The van der Waals surface area contributed by atoms with Crippen molar-refractivity contribution in [3.05, 3.63) is 54.1 Å². The Balaban J connectivity index is 2.16. The highest BCUT2D eigenvalue weighted by Gasteiger charge is 2.03. The molecule has 2 aromatic carbocycles. The molecule has 0 bridgehead atoms. The number of nitriles is 1. The summed E-state index contributed by atoms with van der Waals surface area (Å²) in [7, 11) is 0. The molecule has 0 N–H and O–H groups in total. The van der Waals surface area contributed by atoms with Gasteiger partial charge in [0.05, 0.1) is 12.5 Å². The van der Waals surface area contributed by atoms with Gasteiger partial charge >= 0.3 is 0 Å². The minimum Gasteiger partial charge on any atom is -0.198 e. The summed E-state index contributed by atoms with van der Waals surface area (Å²) in [6.07, 6.45) is 4.37. The molecule has 0 aliphatic carbocycles. The number of fused-ring (bicyclic) bond motifs is 3. The number of hydrogen-bond donors (Lipinski definition) is 0. The van der Waals surface area contributed by atoms with Crippen LogP contribution in [0.1, 0.15) is 12.0 Å². The van der Waals surface area contributed by atoms with E-state index in [4.69, 9.17) is 5.26 Å². The predicted molar refractivity (Wildman–Crippen MR) is 78.6 cm³/mol. The second-order valence-electron chi connectivity index (χ2n) is 4.12. The molecular weight excluding hydrogens is 238 g/mol. The topological polar surface area (TPSA) is 23.8 Å². The van der Waals surface area contributed by atoms with Crippen molar-refractivity contribution in [2.45, 2.75) is 6.42 Å². The van der Waals surface area contributed by atoms with Gasteiger partial charge in [-0.1, -0.05) is 36.4 Å². The molecule has 0 spiro atoms. The summed E-state index contributed by atoms with van der Waals surface area (Å²) >= 11 is 1.82. The van der Waals surface area contributed by atoms with Crippen LogP contribution in [0.3, 0.4) is 0 Å². The van der Waals surface area contributed by atoms with Crippen LogP contribution in [0.25, 0.3) is 26.2 Å². The molecule has 3 rings (SSSR count). The Morgan fingerprint density at radius 3 is 2.78 bits per heavy atom. The van der Waals surface area contributed by atoms with Crippen LogP contribution >= 0.6 is 11.3 Å². The molecule has 0 aliphatic rings. The third kappa shape index (κ3) is 1.90. The maximum atomic E-state index is 8.52. The van der Waals surface area contributed by atoms with Crippen molar-refractivity contribution in [2.75, 3.05) is 0 Å². The molecule has 0 unspecified atom stereocenters. The zero-order chi connectivity index (χ0) is 12.4. The molecule has 0 radical (unpaired) electrons. The largest absolute Gasteiger partial charge is 0.198 e. The second kappa shape index (κ2) is 4.64. The van der Waals surface area contributed by atoms with Crippen LogP contribution in [0.4, 0.5) is 0 Å². The third-order valence-electron chi connectivity index (χ3n) is 2.92. The number of nitrogens with zero attached hydrogens (tertiary/aromatic N) is 1. The lowest BCUT2D eigenvalue weighted by molar-refractivity contribution is 1.36. The molecule has 2 heteroatoms. The second-order valence-corrected chi connectivity index (χ2v) is 5.20. The molecular formula is C16H11NS. The van der Waals surface area contributed by atoms with Gasteiger partial charge in [-0.05, 0) is 23.8 Å². The van der Waals surface area contributed by atoms with Gasteiger partial charge in [0.2, 0.25) is 0 Å². The van der Waals surface area contributed by atoms with Crippen LogP contribution < -0.4 is 0 Å². The lowest BCUT2D eigenvalue weighted by Crippen LogP contribution is -1.71. The fourth-order valence-corrected chi connectivity index (χ4v) is 3.18. The van der Waals surface area contributed by atoms with Gasteiger partial charge in [0.1, 0.15) is 0 Å². The maximum Gasteiger partial charge on any atom is 0.0663 e. The van der Waals surface area contributed by atoms with Crippen molar-refractivity contribution in [1.82, 2.24) is 0 Å². The Morgan fingerprint density at radius 2 is 1.89 bits per heavy atom. The number of allylic oxidation sites excluding steroid dienone is 1. The highest BCUT2D eigenvalue weighted by Crippen LogP contribution is 2.34. The van der Waals surface area contributed by atoms with Crippen LogP contribution in [0.2, 0.25) is 0 Å². The van der Waals surface area contributed by atoms with E-state index in [2.05, 4.69) is 48.5 Å². The first kappa shape index (κ1) is 11.0. The van der Waals surface area contributed by atoms with E-state index in [1.807, 2.05) is 23.5 Å². The normalized spacial score (nSPS) is 11.3. The summed E-state index contributed by atoms with van der Waals surface area (Å²) in [5.41, 5.74) is 1.15. The van der Waals surface area contributed by atoms with Gasteiger partial charge in [-0.15, -0.1) is 11.3 Å². The van der Waals surface area contributed by atoms with Gasteiger partial charge in [0, 0.05) is 20.2 Å². The van der Waals surface area contributed by atoms with Crippen molar-refractivity contribution in [3.63, 3.8) is 0 Å². The first-order valence-corrected chi connectivity index (χ1v) is 6.65. The summed E-state index contributed by atoms with van der Waals surface area (Å²) in [5.74, 6) is 0.